The minimum absolute atomic E-state index is 0.717. The summed E-state index contributed by atoms with van der Waals surface area (Å²) < 4.78 is 2.24. The van der Waals surface area contributed by atoms with E-state index in [1.54, 1.807) is 0 Å². The fourth-order valence-corrected chi connectivity index (χ4v) is 2.97. The van der Waals surface area contributed by atoms with Gasteiger partial charge in [0.15, 0.2) is 0 Å². The highest BCUT2D eigenvalue weighted by atomic mass is 15.1. The lowest BCUT2D eigenvalue weighted by Crippen LogP contribution is -2.19. The second-order valence-corrected chi connectivity index (χ2v) is 5.74. The Labute approximate surface area is 121 Å². The van der Waals surface area contributed by atoms with Crippen LogP contribution < -0.4 is 5.32 Å². The molecule has 0 saturated heterocycles. The summed E-state index contributed by atoms with van der Waals surface area (Å²) in [4.78, 5) is 4.47. The lowest BCUT2D eigenvalue weighted by atomic mass is 10.2. The minimum atomic E-state index is 0.717. The quantitative estimate of drug-likeness (QED) is 0.870. The molecule has 3 nitrogen and oxygen atoms in total. The predicted octanol–water partition coefficient (Wildman–Crippen LogP) is 3.46. The van der Waals surface area contributed by atoms with E-state index in [-0.39, 0.29) is 0 Å². The molecule has 1 aromatic carbocycles. The van der Waals surface area contributed by atoms with Crippen molar-refractivity contribution in [1.82, 2.24) is 14.9 Å². The van der Waals surface area contributed by atoms with E-state index in [0.717, 1.165) is 24.3 Å². The number of nitrogens with zero attached hydrogens (tertiary/aromatic N) is 2. The molecule has 1 fully saturated rings. The zero-order valence-corrected chi connectivity index (χ0v) is 12.3. The van der Waals surface area contributed by atoms with Gasteiger partial charge in [0.1, 0.15) is 5.82 Å². The third kappa shape index (κ3) is 2.78. The highest BCUT2D eigenvalue weighted by Crippen LogP contribution is 2.34. The highest BCUT2D eigenvalue weighted by molar-refractivity contribution is 5.35. The molecule has 0 spiro atoms. The van der Waals surface area contributed by atoms with E-state index >= 15 is 0 Å². The van der Waals surface area contributed by atoms with E-state index < -0.39 is 0 Å². The molecule has 1 saturated carbocycles. The van der Waals surface area contributed by atoms with Crippen LogP contribution in [0.15, 0.2) is 36.5 Å². The zero-order chi connectivity index (χ0) is 13.9. The molecule has 0 bridgehead atoms. The van der Waals surface area contributed by atoms with Crippen LogP contribution in [0.2, 0.25) is 0 Å². The van der Waals surface area contributed by atoms with E-state index in [2.05, 4.69) is 53.0 Å². The molecule has 1 aliphatic rings. The van der Waals surface area contributed by atoms with Gasteiger partial charge in [-0.3, -0.25) is 4.57 Å². The van der Waals surface area contributed by atoms with Gasteiger partial charge in [0.05, 0.1) is 11.9 Å². The van der Waals surface area contributed by atoms with Gasteiger partial charge in [-0.05, 0) is 37.8 Å². The van der Waals surface area contributed by atoms with Crippen molar-refractivity contribution in [3.8, 4) is 5.69 Å². The predicted molar refractivity (Wildman–Crippen MR) is 81.9 cm³/mol. The Hall–Kier alpha value is -1.61. The van der Waals surface area contributed by atoms with Crippen molar-refractivity contribution in [3.63, 3.8) is 0 Å². The molecule has 1 aromatic heterocycles. The molecule has 3 heteroatoms. The van der Waals surface area contributed by atoms with E-state index in [9.17, 15) is 0 Å². The summed E-state index contributed by atoms with van der Waals surface area (Å²) in [5.41, 5.74) is 2.44. The summed E-state index contributed by atoms with van der Waals surface area (Å²) in [5.74, 6) is 1.95. The third-order valence-corrected chi connectivity index (χ3v) is 4.15. The van der Waals surface area contributed by atoms with E-state index in [1.807, 2.05) is 12.3 Å². The van der Waals surface area contributed by atoms with Crippen molar-refractivity contribution in [2.24, 2.45) is 5.92 Å². The first-order chi connectivity index (χ1) is 9.79. The van der Waals surface area contributed by atoms with E-state index in [0.29, 0.717) is 0 Å². The number of imidazole rings is 1. The molecule has 20 heavy (non-hydrogen) atoms. The van der Waals surface area contributed by atoms with Gasteiger partial charge in [0.25, 0.3) is 0 Å². The maximum atomic E-state index is 4.47. The standard InChI is InChI=1S/C17H23N3/c1-3-7-14-10-17(14)19-12-16-11-18-13(2)20(16)15-8-5-4-6-9-15/h4-6,8-9,11,14,17,19H,3,7,10,12H2,1-2H3. The molecule has 2 atom stereocenters. The van der Waals surface area contributed by atoms with Crippen LogP contribution in [0.1, 0.15) is 37.7 Å². The number of hydrogen-bond donors (Lipinski definition) is 1. The zero-order valence-electron chi connectivity index (χ0n) is 12.3. The van der Waals surface area contributed by atoms with E-state index in [1.165, 1.54) is 30.6 Å². The molecule has 2 unspecified atom stereocenters. The van der Waals surface area contributed by atoms with Crippen molar-refractivity contribution < 1.29 is 0 Å². The molecule has 0 radical (unpaired) electrons. The van der Waals surface area contributed by atoms with Gasteiger partial charge < -0.3 is 5.32 Å². The average molecular weight is 269 g/mol. The Kier molecular flexibility index (Phi) is 3.88. The van der Waals surface area contributed by atoms with Gasteiger partial charge in [0, 0.05) is 18.3 Å². The second-order valence-electron chi connectivity index (χ2n) is 5.74. The maximum absolute atomic E-state index is 4.47. The number of hydrogen-bond acceptors (Lipinski definition) is 2. The summed E-state index contributed by atoms with van der Waals surface area (Å²) in [6, 6.07) is 11.2. The largest absolute Gasteiger partial charge is 0.308 e. The number of aromatic nitrogens is 2. The Morgan fingerprint density at radius 2 is 2.10 bits per heavy atom. The Bertz CT molecular complexity index is 559. The monoisotopic (exact) mass is 269 g/mol. The summed E-state index contributed by atoms with van der Waals surface area (Å²) in [7, 11) is 0. The van der Waals surface area contributed by atoms with Crippen LogP contribution in [-0.2, 0) is 6.54 Å². The van der Waals surface area contributed by atoms with Crippen molar-refractivity contribution in [1.29, 1.82) is 0 Å². The van der Waals surface area contributed by atoms with Crippen molar-refractivity contribution >= 4 is 0 Å². The molecular formula is C17H23N3. The smallest absolute Gasteiger partial charge is 0.110 e. The average Bonchev–Trinajstić information content (AvgIpc) is 3.11. The molecule has 1 heterocycles. The molecular weight excluding hydrogens is 246 g/mol. The first kappa shape index (κ1) is 13.4. The molecule has 2 aromatic rings. The topological polar surface area (TPSA) is 29.9 Å². The summed E-state index contributed by atoms with van der Waals surface area (Å²) in [5, 5.41) is 3.67. The van der Waals surface area contributed by atoms with Crippen LogP contribution in [0.4, 0.5) is 0 Å². The molecule has 0 amide bonds. The minimum Gasteiger partial charge on any atom is -0.308 e. The SMILES string of the molecule is CCCC1CC1NCc1cnc(C)n1-c1ccccc1. The second kappa shape index (κ2) is 5.80. The maximum Gasteiger partial charge on any atom is 0.110 e. The van der Waals surface area contributed by atoms with E-state index in [4.69, 9.17) is 0 Å². The van der Waals surface area contributed by atoms with Crippen LogP contribution in [0.3, 0.4) is 0 Å². The van der Waals surface area contributed by atoms with Crippen molar-refractivity contribution in [2.45, 2.75) is 45.7 Å². The van der Waals surface area contributed by atoms with Crippen LogP contribution in [-0.4, -0.2) is 15.6 Å². The molecule has 3 rings (SSSR count). The van der Waals surface area contributed by atoms with Crippen LogP contribution in [0.5, 0.6) is 0 Å². The first-order valence-corrected chi connectivity index (χ1v) is 7.61. The highest BCUT2D eigenvalue weighted by Gasteiger charge is 2.35. The normalized spacial score (nSPS) is 21.1. The van der Waals surface area contributed by atoms with Crippen LogP contribution in [0, 0.1) is 12.8 Å². The number of aryl methyl sites for hydroxylation is 1. The summed E-state index contributed by atoms with van der Waals surface area (Å²) in [6.07, 6.45) is 5.98. The molecule has 1 N–H and O–H groups in total. The van der Waals surface area contributed by atoms with Crippen LogP contribution in [0.25, 0.3) is 5.69 Å². The molecule has 106 valence electrons. The Morgan fingerprint density at radius 3 is 2.85 bits per heavy atom. The Balaban J connectivity index is 1.69. The van der Waals surface area contributed by atoms with Gasteiger partial charge in [-0.1, -0.05) is 31.5 Å². The Morgan fingerprint density at radius 1 is 1.30 bits per heavy atom. The van der Waals surface area contributed by atoms with Crippen molar-refractivity contribution in [2.75, 3.05) is 0 Å². The third-order valence-electron chi connectivity index (χ3n) is 4.15. The van der Waals surface area contributed by atoms with Gasteiger partial charge in [-0.2, -0.15) is 0 Å². The lowest BCUT2D eigenvalue weighted by Gasteiger charge is -2.11. The van der Waals surface area contributed by atoms with Gasteiger partial charge in [-0.15, -0.1) is 0 Å². The number of rotatable bonds is 6. The number of benzene rings is 1. The van der Waals surface area contributed by atoms with Crippen LogP contribution >= 0.6 is 0 Å². The molecule has 0 aliphatic heterocycles. The lowest BCUT2D eigenvalue weighted by molar-refractivity contribution is 0.590. The summed E-state index contributed by atoms with van der Waals surface area (Å²) >= 11 is 0. The van der Waals surface area contributed by atoms with Gasteiger partial charge in [-0.25, -0.2) is 4.98 Å². The fraction of sp³-hybridized carbons (Fsp3) is 0.471. The number of nitrogens with one attached hydrogen (secondary N) is 1. The van der Waals surface area contributed by atoms with Gasteiger partial charge >= 0.3 is 0 Å². The summed E-state index contributed by atoms with van der Waals surface area (Å²) in [6.45, 7) is 5.23. The fourth-order valence-electron chi connectivity index (χ4n) is 2.97. The number of para-hydroxylation sites is 1. The molecule has 1 aliphatic carbocycles. The first-order valence-electron chi connectivity index (χ1n) is 7.61. The van der Waals surface area contributed by atoms with Gasteiger partial charge in [0.2, 0.25) is 0 Å². The van der Waals surface area contributed by atoms with Crippen molar-refractivity contribution in [3.05, 3.63) is 48.0 Å².